The number of likely N-dealkylation sites (N-methyl/N-ethyl adjacent to an activating group) is 1. The number of amides is 1. The molecule has 1 atom stereocenters. The van der Waals surface area contributed by atoms with Crippen molar-refractivity contribution in [3.8, 4) is 0 Å². The van der Waals surface area contributed by atoms with E-state index in [-0.39, 0.29) is 16.8 Å². The maximum Gasteiger partial charge on any atom is 0.222 e. The summed E-state index contributed by atoms with van der Waals surface area (Å²) in [6, 6.07) is 3.15. The van der Waals surface area contributed by atoms with Gasteiger partial charge >= 0.3 is 0 Å². The number of hydrogen-bond donors (Lipinski definition) is 1. The molecule has 104 valence electrons. The molecule has 0 saturated carbocycles. The van der Waals surface area contributed by atoms with Crippen LogP contribution in [0.1, 0.15) is 12.8 Å². The van der Waals surface area contributed by atoms with Gasteiger partial charge in [0.25, 0.3) is 0 Å². The van der Waals surface area contributed by atoms with E-state index in [1.807, 2.05) is 0 Å². The predicted molar refractivity (Wildman–Crippen MR) is 71.6 cm³/mol. The third-order valence-electron chi connectivity index (χ3n) is 3.14. The molecule has 0 bridgehead atoms. The maximum absolute atomic E-state index is 11.7. The van der Waals surface area contributed by atoms with Gasteiger partial charge in [-0.05, 0) is 18.6 Å². The van der Waals surface area contributed by atoms with Gasteiger partial charge in [0, 0.05) is 38.5 Å². The summed E-state index contributed by atoms with van der Waals surface area (Å²) in [5.74, 6) is 0.472. The number of hydrogen-bond acceptors (Lipinski definition) is 5. The van der Waals surface area contributed by atoms with Gasteiger partial charge in [-0.3, -0.25) is 4.79 Å². The van der Waals surface area contributed by atoms with E-state index < -0.39 is 9.84 Å². The molecule has 1 unspecified atom stereocenters. The summed E-state index contributed by atoms with van der Waals surface area (Å²) in [6.07, 6.45) is 3.86. The summed E-state index contributed by atoms with van der Waals surface area (Å²) in [6.45, 7) is 0.554. The lowest BCUT2D eigenvalue weighted by Gasteiger charge is -2.30. The van der Waals surface area contributed by atoms with Crippen LogP contribution < -0.4 is 5.32 Å². The van der Waals surface area contributed by atoms with E-state index in [0.717, 1.165) is 6.26 Å². The van der Waals surface area contributed by atoms with Crippen molar-refractivity contribution in [3.05, 3.63) is 18.3 Å². The highest BCUT2D eigenvalue weighted by Gasteiger charge is 2.24. The molecule has 1 aromatic heterocycles. The predicted octanol–water partition coefficient (Wildman–Crippen LogP) is 0.518. The summed E-state index contributed by atoms with van der Waals surface area (Å²) in [7, 11) is -1.57. The number of aromatic nitrogens is 1. The number of carbonyl (C=O) groups is 1. The third-order valence-corrected chi connectivity index (χ3v) is 4.27. The Bertz CT molecular complexity index is 586. The summed E-state index contributed by atoms with van der Waals surface area (Å²) < 4.78 is 23.3. The summed E-state index contributed by atoms with van der Waals surface area (Å²) in [5, 5.41) is 3.12. The van der Waals surface area contributed by atoms with Gasteiger partial charge in [0.1, 0.15) is 10.7 Å². The lowest BCUT2D eigenvalue weighted by Crippen LogP contribution is -2.43. The van der Waals surface area contributed by atoms with Gasteiger partial charge in [-0.2, -0.15) is 0 Å². The highest BCUT2D eigenvalue weighted by Crippen LogP contribution is 2.21. The first kappa shape index (κ1) is 13.8. The van der Waals surface area contributed by atoms with Crippen molar-refractivity contribution in [1.82, 2.24) is 9.88 Å². The van der Waals surface area contributed by atoms with Crippen molar-refractivity contribution >= 4 is 21.6 Å². The minimum absolute atomic E-state index is 0.0260. The molecule has 2 rings (SSSR count). The van der Waals surface area contributed by atoms with Crippen LogP contribution in [0.15, 0.2) is 23.2 Å². The van der Waals surface area contributed by atoms with Crippen LogP contribution in [0.25, 0.3) is 0 Å². The quantitative estimate of drug-likeness (QED) is 0.874. The Hall–Kier alpha value is -1.63. The van der Waals surface area contributed by atoms with E-state index in [2.05, 4.69) is 10.3 Å². The van der Waals surface area contributed by atoms with Crippen LogP contribution in [-0.2, 0) is 14.6 Å². The van der Waals surface area contributed by atoms with Gasteiger partial charge < -0.3 is 10.2 Å². The molecule has 0 radical (unpaired) electrons. The van der Waals surface area contributed by atoms with E-state index in [1.165, 1.54) is 6.07 Å². The Labute approximate surface area is 112 Å². The highest BCUT2D eigenvalue weighted by atomic mass is 32.2. The number of anilines is 1. The van der Waals surface area contributed by atoms with Crippen LogP contribution in [-0.4, -0.2) is 50.1 Å². The van der Waals surface area contributed by atoms with E-state index in [1.54, 1.807) is 24.2 Å². The topological polar surface area (TPSA) is 79.4 Å². The van der Waals surface area contributed by atoms with Crippen LogP contribution in [0.3, 0.4) is 0 Å². The van der Waals surface area contributed by atoms with E-state index in [9.17, 15) is 13.2 Å². The molecule has 0 aromatic carbocycles. The Morgan fingerprint density at radius 1 is 1.47 bits per heavy atom. The van der Waals surface area contributed by atoms with Gasteiger partial charge in [0.2, 0.25) is 5.91 Å². The lowest BCUT2D eigenvalue weighted by atomic mass is 10.1. The third kappa shape index (κ3) is 3.23. The standard InChI is InChI=1S/C12H17N3O3S/c1-15-8-9(5-6-11(15)16)14-12-10(19(2,17)18)4-3-7-13-12/h3-4,7,9H,5-6,8H2,1-2H3,(H,13,14). The van der Waals surface area contributed by atoms with Crippen LogP contribution in [0.5, 0.6) is 0 Å². The second-order valence-electron chi connectivity index (χ2n) is 4.78. The Morgan fingerprint density at radius 2 is 2.21 bits per heavy atom. The van der Waals surface area contributed by atoms with Crippen molar-refractivity contribution in [2.24, 2.45) is 0 Å². The molecule has 1 aliphatic rings. The van der Waals surface area contributed by atoms with Crippen molar-refractivity contribution < 1.29 is 13.2 Å². The molecule has 1 amide bonds. The van der Waals surface area contributed by atoms with Crippen molar-refractivity contribution in [3.63, 3.8) is 0 Å². The molecule has 6 nitrogen and oxygen atoms in total. The normalized spacial score (nSPS) is 20.4. The molecule has 1 aliphatic heterocycles. The molecule has 2 heterocycles. The first-order chi connectivity index (χ1) is 8.88. The summed E-state index contributed by atoms with van der Waals surface area (Å²) >= 11 is 0. The first-order valence-corrected chi connectivity index (χ1v) is 7.92. The minimum Gasteiger partial charge on any atom is -0.364 e. The zero-order chi connectivity index (χ0) is 14.0. The molecule has 1 N–H and O–H groups in total. The Kier molecular flexibility index (Phi) is 3.75. The number of carbonyl (C=O) groups excluding carboxylic acids is 1. The van der Waals surface area contributed by atoms with Crippen LogP contribution in [0.4, 0.5) is 5.82 Å². The molecular weight excluding hydrogens is 266 g/mol. The molecule has 1 fully saturated rings. The average molecular weight is 283 g/mol. The van der Waals surface area contributed by atoms with Crippen LogP contribution in [0.2, 0.25) is 0 Å². The molecule has 0 aliphatic carbocycles. The zero-order valence-corrected chi connectivity index (χ0v) is 11.8. The van der Waals surface area contributed by atoms with Crippen molar-refractivity contribution in [2.75, 3.05) is 25.2 Å². The number of nitrogens with zero attached hydrogens (tertiary/aromatic N) is 2. The van der Waals surface area contributed by atoms with Crippen LogP contribution in [0, 0.1) is 0 Å². The van der Waals surface area contributed by atoms with Crippen LogP contribution >= 0.6 is 0 Å². The fraction of sp³-hybridized carbons (Fsp3) is 0.500. The van der Waals surface area contributed by atoms with Gasteiger partial charge in [-0.15, -0.1) is 0 Å². The van der Waals surface area contributed by atoms with E-state index >= 15 is 0 Å². The largest absolute Gasteiger partial charge is 0.364 e. The monoisotopic (exact) mass is 283 g/mol. The number of rotatable bonds is 3. The number of nitrogens with one attached hydrogen (secondary N) is 1. The van der Waals surface area contributed by atoms with E-state index in [0.29, 0.717) is 25.2 Å². The Morgan fingerprint density at radius 3 is 2.84 bits per heavy atom. The van der Waals surface area contributed by atoms with Gasteiger partial charge in [0.15, 0.2) is 9.84 Å². The van der Waals surface area contributed by atoms with Crippen molar-refractivity contribution in [2.45, 2.75) is 23.8 Å². The first-order valence-electron chi connectivity index (χ1n) is 6.03. The van der Waals surface area contributed by atoms with E-state index in [4.69, 9.17) is 0 Å². The Balaban J connectivity index is 2.18. The SMILES string of the molecule is CN1CC(Nc2ncccc2S(C)(=O)=O)CCC1=O. The second kappa shape index (κ2) is 5.16. The number of pyridine rings is 1. The lowest BCUT2D eigenvalue weighted by molar-refractivity contribution is -0.132. The van der Waals surface area contributed by atoms with Gasteiger partial charge in [-0.25, -0.2) is 13.4 Å². The average Bonchev–Trinajstić information content (AvgIpc) is 2.33. The number of likely N-dealkylation sites (tertiary alicyclic amines) is 1. The molecule has 1 saturated heterocycles. The molecule has 7 heteroatoms. The fourth-order valence-electron chi connectivity index (χ4n) is 2.12. The molecular formula is C12H17N3O3S. The van der Waals surface area contributed by atoms with Crippen molar-refractivity contribution in [1.29, 1.82) is 0 Å². The molecule has 1 aromatic rings. The maximum atomic E-state index is 11.7. The molecule has 19 heavy (non-hydrogen) atoms. The number of piperidine rings is 1. The smallest absolute Gasteiger partial charge is 0.222 e. The fourth-order valence-corrected chi connectivity index (χ4v) is 2.91. The van der Waals surface area contributed by atoms with Gasteiger partial charge in [0.05, 0.1) is 0 Å². The number of sulfone groups is 1. The summed E-state index contributed by atoms with van der Waals surface area (Å²) in [4.78, 5) is 17.3. The second-order valence-corrected chi connectivity index (χ2v) is 6.76. The molecule has 0 spiro atoms. The highest BCUT2D eigenvalue weighted by molar-refractivity contribution is 7.90. The van der Waals surface area contributed by atoms with Gasteiger partial charge in [-0.1, -0.05) is 0 Å². The minimum atomic E-state index is -3.31. The summed E-state index contributed by atoms with van der Waals surface area (Å²) in [5.41, 5.74) is 0. The zero-order valence-electron chi connectivity index (χ0n) is 11.0.